The SMILES string of the molecule is CCN(CC1CC1)C(=O)c1c[nH]c2ccc(N)cc12. The number of rotatable bonds is 4. The monoisotopic (exact) mass is 257 g/mol. The highest BCUT2D eigenvalue weighted by Crippen LogP contribution is 2.30. The fourth-order valence-electron chi connectivity index (χ4n) is 2.45. The lowest BCUT2D eigenvalue weighted by Gasteiger charge is -2.20. The molecule has 1 aromatic carbocycles. The van der Waals surface area contributed by atoms with Crippen molar-refractivity contribution in [2.45, 2.75) is 19.8 Å². The number of benzene rings is 1. The molecule has 1 heterocycles. The van der Waals surface area contributed by atoms with Gasteiger partial charge in [-0.15, -0.1) is 0 Å². The van der Waals surface area contributed by atoms with Crippen molar-refractivity contribution in [2.24, 2.45) is 5.92 Å². The van der Waals surface area contributed by atoms with Crippen LogP contribution < -0.4 is 5.73 Å². The van der Waals surface area contributed by atoms with Crippen molar-refractivity contribution in [1.29, 1.82) is 0 Å². The standard InChI is InChI=1S/C15H19N3O/c1-2-18(9-10-3-4-10)15(19)13-8-17-14-6-5-11(16)7-12(13)14/h5-8,10,17H,2-4,9,16H2,1H3. The number of hydrogen-bond donors (Lipinski definition) is 2. The molecule has 0 aliphatic heterocycles. The summed E-state index contributed by atoms with van der Waals surface area (Å²) in [5, 5.41) is 0.916. The number of carbonyl (C=O) groups is 1. The zero-order chi connectivity index (χ0) is 13.4. The maximum atomic E-state index is 12.6. The lowest BCUT2D eigenvalue weighted by Crippen LogP contribution is -2.32. The first-order valence-electron chi connectivity index (χ1n) is 6.85. The van der Waals surface area contributed by atoms with Crippen molar-refractivity contribution < 1.29 is 4.79 Å². The summed E-state index contributed by atoms with van der Waals surface area (Å²) in [5.41, 5.74) is 8.18. The number of fused-ring (bicyclic) bond motifs is 1. The Labute approximate surface area is 112 Å². The molecule has 0 unspecified atom stereocenters. The topological polar surface area (TPSA) is 62.1 Å². The molecule has 2 aromatic rings. The first kappa shape index (κ1) is 12.1. The van der Waals surface area contributed by atoms with Crippen LogP contribution in [-0.2, 0) is 0 Å². The summed E-state index contributed by atoms with van der Waals surface area (Å²) in [7, 11) is 0. The van der Waals surface area contributed by atoms with E-state index in [9.17, 15) is 4.79 Å². The number of nitrogen functional groups attached to an aromatic ring is 1. The van der Waals surface area contributed by atoms with E-state index in [1.165, 1.54) is 12.8 Å². The Bertz CT molecular complexity index is 613. The van der Waals surface area contributed by atoms with E-state index in [4.69, 9.17) is 5.73 Å². The van der Waals surface area contributed by atoms with Crippen LogP contribution in [0, 0.1) is 5.92 Å². The summed E-state index contributed by atoms with van der Waals surface area (Å²) >= 11 is 0. The molecule has 1 saturated carbocycles. The van der Waals surface area contributed by atoms with E-state index in [-0.39, 0.29) is 5.91 Å². The van der Waals surface area contributed by atoms with Gasteiger partial charge in [-0.1, -0.05) is 0 Å². The van der Waals surface area contributed by atoms with Crippen LogP contribution in [0.2, 0.25) is 0 Å². The Morgan fingerprint density at radius 1 is 1.47 bits per heavy atom. The fourth-order valence-corrected chi connectivity index (χ4v) is 2.45. The van der Waals surface area contributed by atoms with Gasteiger partial charge in [0, 0.05) is 35.9 Å². The third-order valence-electron chi connectivity index (χ3n) is 3.78. The highest BCUT2D eigenvalue weighted by Gasteiger charge is 2.27. The summed E-state index contributed by atoms with van der Waals surface area (Å²) in [6.07, 6.45) is 4.30. The molecule has 1 fully saturated rings. The summed E-state index contributed by atoms with van der Waals surface area (Å²) in [6, 6.07) is 5.62. The quantitative estimate of drug-likeness (QED) is 0.827. The smallest absolute Gasteiger partial charge is 0.256 e. The van der Waals surface area contributed by atoms with Crippen LogP contribution >= 0.6 is 0 Å². The second kappa shape index (κ2) is 4.61. The van der Waals surface area contributed by atoms with Crippen molar-refractivity contribution in [2.75, 3.05) is 18.8 Å². The van der Waals surface area contributed by atoms with Crippen molar-refractivity contribution in [3.05, 3.63) is 30.0 Å². The molecule has 1 aromatic heterocycles. The molecule has 1 amide bonds. The van der Waals surface area contributed by atoms with Gasteiger partial charge in [0.25, 0.3) is 5.91 Å². The van der Waals surface area contributed by atoms with Gasteiger partial charge < -0.3 is 15.6 Å². The molecule has 1 aliphatic carbocycles. The van der Waals surface area contributed by atoms with Gasteiger partial charge >= 0.3 is 0 Å². The third-order valence-corrected chi connectivity index (χ3v) is 3.78. The maximum Gasteiger partial charge on any atom is 0.256 e. The van der Waals surface area contributed by atoms with Gasteiger partial charge in [-0.3, -0.25) is 4.79 Å². The zero-order valence-electron chi connectivity index (χ0n) is 11.1. The van der Waals surface area contributed by atoms with Gasteiger partial charge in [-0.05, 0) is 43.9 Å². The number of H-pyrrole nitrogens is 1. The van der Waals surface area contributed by atoms with E-state index < -0.39 is 0 Å². The third kappa shape index (κ3) is 2.30. The van der Waals surface area contributed by atoms with E-state index in [2.05, 4.69) is 4.98 Å². The number of carbonyl (C=O) groups excluding carboxylic acids is 1. The first-order valence-corrected chi connectivity index (χ1v) is 6.85. The molecular weight excluding hydrogens is 238 g/mol. The number of amides is 1. The number of nitrogens with zero attached hydrogens (tertiary/aromatic N) is 1. The maximum absolute atomic E-state index is 12.6. The minimum absolute atomic E-state index is 0.103. The normalized spacial score (nSPS) is 14.8. The number of nitrogens with one attached hydrogen (secondary N) is 1. The Balaban J connectivity index is 1.93. The van der Waals surface area contributed by atoms with Crippen molar-refractivity contribution in [3.63, 3.8) is 0 Å². The molecule has 1 aliphatic rings. The Morgan fingerprint density at radius 2 is 2.26 bits per heavy atom. The second-order valence-corrected chi connectivity index (χ2v) is 5.29. The zero-order valence-corrected chi connectivity index (χ0v) is 11.1. The van der Waals surface area contributed by atoms with Gasteiger partial charge in [0.05, 0.1) is 5.56 Å². The van der Waals surface area contributed by atoms with E-state index >= 15 is 0 Å². The van der Waals surface area contributed by atoms with Crippen LogP contribution in [0.5, 0.6) is 0 Å². The van der Waals surface area contributed by atoms with Crippen molar-refractivity contribution in [1.82, 2.24) is 9.88 Å². The molecule has 3 N–H and O–H groups in total. The molecule has 3 rings (SSSR count). The van der Waals surface area contributed by atoms with Crippen LogP contribution in [0.3, 0.4) is 0 Å². The van der Waals surface area contributed by atoms with Gasteiger partial charge in [-0.2, -0.15) is 0 Å². The van der Waals surface area contributed by atoms with E-state index in [1.807, 2.05) is 30.0 Å². The largest absolute Gasteiger partial charge is 0.399 e. The number of anilines is 1. The van der Waals surface area contributed by atoms with E-state index in [1.54, 1.807) is 6.20 Å². The summed E-state index contributed by atoms with van der Waals surface area (Å²) < 4.78 is 0. The molecule has 4 nitrogen and oxygen atoms in total. The average Bonchev–Trinajstić information content (AvgIpc) is 3.13. The number of aromatic amines is 1. The molecule has 0 bridgehead atoms. The van der Waals surface area contributed by atoms with Gasteiger partial charge in [0.2, 0.25) is 0 Å². The second-order valence-electron chi connectivity index (χ2n) is 5.29. The van der Waals surface area contributed by atoms with Gasteiger partial charge in [0.15, 0.2) is 0 Å². The fraction of sp³-hybridized carbons (Fsp3) is 0.400. The number of aromatic nitrogens is 1. The Kier molecular flexibility index (Phi) is 2.93. The Hall–Kier alpha value is -1.97. The first-order chi connectivity index (χ1) is 9.19. The number of nitrogens with two attached hydrogens (primary N) is 1. The van der Waals surface area contributed by atoms with Crippen molar-refractivity contribution >= 4 is 22.5 Å². The van der Waals surface area contributed by atoms with Crippen LogP contribution in [-0.4, -0.2) is 28.9 Å². The predicted molar refractivity (Wildman–Crippen MR) is 77.0 cm³/mol. The predicted octanol–water partition coefficient (Wildman–Crippen LogP) is 2.62. The summed E-state index contributed by atoms with van der Waals surface area (Å²) in [5.74, 6) is 0.811. The molecule has 0 radical (unpaired) electrons. The molecule has 0 spiro atoms. The van der Waals surface area contributed by atoms with Gasteiger partial charge in [-0.25, -0.2) is 0 Å². The summed E-state index contributed by atoms with van der Waals surface area (Å²) in [6.45, 7) is 3.66. The summed E-state index contributed by atoms with van der Waals surface area (Å²) in [4.78, 5) is 17.7. The highest BCUT2D eigenvalue weighted by molar-refractivity contribution is 6.07. The molecular formula is C15H19N3O. The lowest BCUT2D eigenvalue weighted by atomic mass is 10.1. The molecule has 19 heavy (non-hydrogen) atoms. The molecule has 0 saturated heterocycles. The van der Waals surface area contributed by atoms with E-state index in [0.717, 1.165) is 29.6 Å². The van der Waals surface area contributed by atoms with Crippen LogP contribution in [0.1, 0.15) is 30.1 Å². The lowest BCUT2D eigenvalue weighted by molar-refractivity contribution is 0.0759. The average molecular weight is 257 g/mol. The van der Waals surface area contributed by atoms with Gasteiger partial charge in [0.1, 0.15) is 0 Å². The number of hydrogen-bond acceptors (Lipinski definition) is 2. The van der Waals surface area contributed by atoms with Crippen LogP contribution in [0.4, 0.5) is 5.69 Å². The van der Waals surface area contributed by atoms with Crippen LogP contribution in [0.15, 0.2) is 24.4 Å². The van der Waals surface area contributed by atoms with Crippen molar-refractivity contribution in [3.8, 4) is 0 Å². The molecule has 4 heteroatoms. The van der Waals surface area contributed by atoms with E-state index in [0.29, 0.717) is 11.6 Å². The minimum atomic E-state index is 0.103. The highest BCUT2D eigenvalue weighted by atomic mass is 16.2. The van der Waals surface area contributed by atoms with Crippen LogP contribution in [0.25, 0.3) is 10.9 Å². The molecule has 100 valence electrons. The minimum Gasteiger partial charge on any atom is -0.399 e. The Morgan fingerprint density at radius 3 is 2.95 bits per heavy atom. The molecule has 0 atom stereocenters.